The highest BCUT2D eigenvalue weighted by atomic mass is 32.2. The Hall–Kier alpha value is -2.73. The van der Waals surface area contributed by atoms with Crippen molar-refractivity contribution in [2.24, 2.45) is 5.92 Å². The average Bonchev–Trinajstić information content (AvgIpc) is 2.84. The minimum Gasteiger partial charge on any atom is -0.477 e. The van der Waals surface area contributed by atoms with Gasteiger partial charge in [-0.3, -0.25) is 4.79 Å². The van der Waals surface area contributed by atoms with Crippen molar-refractivity contribution < 1.29 is 35.5 Å². The number of nitrogens with zero attached hydrogens (tertiary/aromatic N) is 1. The van der Waals surface area contributed by atoms with Gasteiger partial charge in [-0.15, -0.1) is 0 Å². The highest BCUT2D eigenvalue weighted by Gasteiger charge is 2.33. The number of halogens is 4. The van der Waals surface area contributed by atoms with E-state index < -0.39 is 39.5 Å². The second-order valence-corrected chi connectivity index (χ2v) is 11.2. The third kappa shape index (κ3) is 8.67. The summed E-state index contributed by atoms with van der Waals surface area (Å²) in [4.78, 5) is 16.4. The Labute approximate surface area is 214 Å². The van der Waals surface area contributed by atoms with Gasteiger partial charge in [-0.05, 0) is 49.4 Å². The van der Waals surface area contributed by atoms with Gasteiger partial charge >= 0.3 is 6.18 Å². The first kappa shape index (κ1) is 28.8. The van der Waals surface area contributed by atoms with E-state index in [4.69, 9.17) is 4.74 Å². The monoisotopic (exact) mass is 545 g/mol. The van der Waals surface area contributed by atoms with Crippen molar-refractivity contribution in [1.29, 1.82) is 0 Å². The Balaban J connectivity index is 1.67. The van der Waals surface area contributed by atoms with E-state index in [-0.39, 0.29) is 37.1 Å². The molecule has 0 radical (unpaired) electrons. The van der Waals surface area contributed by atoms with Crippen molar-refractivity contribution in [2.45, 2.75) is 64.2 Å². The van der Waals surface area contributed by atoms with Crippen molar-refractivity contribution in [1.82, 2.24) is 15.0 Å². The zero-order valence-electron chi connectivity index (χ0n) is 20.7. The van der Waals surface area contributed by atoms with E-state index in [9.17, 15) is 30.8 Å². The molecule has 0 spiro atoms. The van der Waals surface area contributed by atoms with Gasteiger partial charge in [0.15, 0.2) is 0 Å². The highest BCUT2D eigenvalue weighted by molar-refractivity contribution is 7.88. The SMILES string of the molecule is CC(C(=O)NCc1ccc(C(F)(F)F)nc1OCC1CCCCC1)c1ccc(CNS(C)(=O)=O)c(F)c1. The number of carbonyl (C=O) groups is 1. The largest absolute Gasteiger partial charge is 0.477 e. The lowest BCUT2D eigenvalue weighted by atomic mass is 9.90. The number of benzene rings is 1. The number of sulfonamides is 1. The minimum absolute atomic E-state index is 0.118. The number of pyridine rings is 1. The summed E-state index contributed by atoms with van der Waals surface area (Å²) in [6.45, 7) is 1.47. The van der Waals surface area contributed by atoms with Crippen LogP contribution in [0, 0.1) is 11.7 Å². The maximum absolute atomic E-state index is 14.4. The lowest BCUT2D eigenvalue weighted by molar-refractivity contribution is -0.141. The Morgan fingerprint density at radius 2 is 1.78 bits per heavy atom. The maximum atomic E-state index is 14.4. The quantitative estimate of drug-likeness (QED) is 0.423. The van der Waals surface area contributed by atoms with Gasteiger partial charge in [0.1, 0.15) is 11.5 Å². The summed E-state index contributed by atoms with van der Waals surface area (Å²) in [5.41, 5.74) is -0.289. The number of hydrogen-bond acceptors (Lipinski definition) is 5. The molecule has 1 aliphatic rings. The van der Waals surface area contributed by atoms with Crippen LogP contribution in [0.4, 0.5) is 17.6 Å². The lowest BCUT2D eigenvalue weighted by Crippen LogP contribution is -2.28. The molecule has 1 atom stereocenters. The predicted molar refractivity (Wildman–Crippen MR) is 130 cm³/mol. The van der Waals surface area contributed by atoms with Crippen molar-refractivity contribution in [3.63, 3.8) is 0 Å². The van der Waals surface area contributed by atoms with E-state index in [1.807, 2.05) is 0 Å². The van der Waals surface area contributed by atoms with Crippen LogP contribution >= 0.6 is 0 Å². The summed E-state index contributed by atoms with van der Waals surface area (Å²) in [7, 11) is -3.50. The number of amides is 1. The first-order valence-electron chi connectivity index (χ1n) is 12.0. The van der Waals surface area contributed by atoms with E-state index in [0.717, 1.165) is 50.5 Å². The second kappa shape index (κ2) is 12.2. The molecular formula is C25H31F4N3O4S. The molecule has 37 heavy (non-hydrogen) atoms. The van der Waals surface area contributed by atoms with Crippen molar-refractivity contribution in [3.8, 4) is 5.88 Å². The zero-order chi connectivity index (χ0) is 27.2. The third-order valence-electron chi connectivity index (χ3n) is 6.36. The molecule has 1 saturated carbocycles. The van der Waals surface area contributed by atoms with Crippen molar-refractivity contribution in [3.05, 3.63) is 58.5 Å². The number of alkyl halides is 3. The van der Waals surface area contributed by atoms with Crippen LogP contribution in [0.15, 0.2) is 30.3 Å². The van der Waals surface area contributed by atoms with Gasteiger partial charge in [0.25, 0.3) is 0 Å². The van der Waals surface area contributed by atoms with E-state index >= 15 is 0 Å². The number of rotatable bonds is 10. The van der Waals surface area contributed by atoms with E-state index in [1.165, 1.54) is 18.2 Å². The van der Waals surface area contributed by atoms with Gasteiger partial charge in [-0.2, -0.15) is 13.2 Å². The molecule has 1 heterocycles. The summed E-state index contributed by atoms with van der Waals surface area (Å²) in [5, 5.41) is 2.66. The van der Waals surface area contributed by atoms with Gasteiger partial charge in [0, 0.05) is 24.2 Å². The van der Waals surface area contributed by atoms with Crippen LogP contribution in [0.3, 0.4) is 0 Å². The minimum atomic E-state index is -4.63. The van der Waals surface area contributed by atoms with E-state index in [0.29, 0.717) is 11.1 Å². The molecule has 1 aromatic heterocycles. The average molecular weight is 546 g/mol. The predicted octanol–water partition coefficient (Wildman–Crippen LogP) is 4.67. The lowest BCUT2D eigenvalue weighted by Gasteiger charge is -2.22. The maximum Gasteiger partial charge on any atom is 0.433 e. The normalized spacial score (nSPS) is 15.8. The van der Waals surface area contributed by atoms with E-state index in [1.54, 1.807) is 6.92 Å². The molecule has 204 valence electrons. The fraction of sp³-hybridized carbons (Fsp3) is 0.520. The van der Waals surface area contributed by atoms with Gasteiger partial charge in [0.2, 0.25) is 21.8 Å². The van der Waals surface area contributed by atoms with Gasteiger partial charge in [-0.25, -0.2) is 22.5 Å². The highest BCUT2D eigenvalue weighted by Crippen LogP contribution is 2.31. The molecule has 1 aromatic carbocycles. The molecule has 3 rings (SSSR count). The number of hydrogen-bond donors (Lipinski definition) is 2. The molecule has 0 bridgehead atoms. The summed E-state index contributed by atoms with van der Waals surface area (Å²) < 4.78 is 84.5. The Morgan fingerprint density at radius 1 is 1.11 bits per heavy atom. The molecule has 2 aromatic rings. The van der Waals surface area contributed by atoms with Gasteiger partial charge < -0.3 is 10.1 Å². The third-order valence-corrected chi connectivity index (χ3v) is 7.03. The molecule has 7 nitrogen and oxygen atoms in total. The van der Waals surface area contributed by atoms with E-state index in [2.05, 4.69) is 15.0 Å². The number of nitrogens with one attached hydrogen (secondary N) is 2. The van der Waals surface area contributed by atoms with Gasteiger partial charge in [-0.1, -0.05) is 31.4 Å². The van der Waals surface area contributed by atoms with Crippen LogP contribution in [0.5, 0.6) is 5.88 Å². The first-order valence-corrected chi connectivity index (χ1v) is 13.9. The van der Waals surface area contributed by atoms with Crippen molar-refractivity contribution in [2.75, 3.05) is 12.9 Å². The second-order valence-electron chi connectivity index (χ2n) is 9.36. The Morgan fingerprint density at radius 3 is 2.41 bits per heavy atom. The van der Waals surface area contributed by atoms with Crippen LogP contribution in [0.25, 0.3) is 0 Å². The number of aromatic nitrogens is 1. The summed E-state index contributed by atoms with van der Waals surface area (Å²) in [6, 6.07) is 6.15. The zero-order valence-corrected chi connectivity index (χ0v) is 21.5. The molecular weight excluding hydrogens is 514 g/mol. The molecule has 1 amide bonds. The molecule has 1 fully saturated rings. The summed E-state index contributed by atoms with van der Waals surface area (Å²) in [5.74, 6) is -1.83. The standard InChI is InChI=1S/C25H31F4N3O4S/c1-16(18-8-9-19(21(26)12-18)14-31-37(2,34)35)23(33)30-13-20-10-11-22(25(27,28)29)32-24(20)36-15-17-6-4-3-5-7-17/h8-12,16-17,31H,3-7,13-15H2,1-2H3,(H,30,33). The summed E-state index contributed by atoms with van der Waals surface area (Å²) in [6.07, 6.45) is 1.47. The van der Waals surface area contributed by atoms with Crippen LogP contribution in [-0.2, 0) is 34.1 Å². The Kier molecular flexibility index (Phi) is 9.51. The number of ether oxygens (including phenoxy) is 1. The fourth-order valence-corrected chi connectivity index (χ4v) is 4.53. The van der Waals surface area contributed by atoms with Crippen LogP contribution in [-0.4, -0.2) is 32.2 Å². The summed E-state index contributed by atoms with van der Waals surface area (Å²) >= 11 is 0. The molecule has 12 heteroatoms. The van der Waals surface area contributed by atoms with Crippen LogP contribution in [0.1, 0.15) is 67.3 Å². The Bertz CT molecular complexity index is 1200. The molecule has 2 N–H and O–H groups in total. The topological polar surface area (TPSA) is 97.4 Å². The van der Waals surface area contributed by atoms with Crippen molar-refractivity contribution >= 4 is 15.9 Å². The first-order chi connectivity index (χ1) is 17.3. The molecule has 1 aliphatic carbocycles. The molecule has 0 saturated heterocycles. The van der Waals surface area contributed by atoms with Crippen LogP contribution in [0.2, 0.25) is 0 Å². The smallest absolute Gasteiger partial charge is 0.433 e. The van der Waals surface area contributed by atoms with Crippen LogP contribution < -0.4 is 14.8 Å². The number of carbonyl (C=O) groups excluding carboxylic acids is 1. The molecule has 1 unspecified atom stereocenters. The molecule has 0 aliphatic heterocycles. The van der Waals surface area contributed by atoms with Gasteiger partial charge in [0.05, 0.1) is 18.8 Å². The fourth-order valence-electron chi connectivity index (χ4n) is 4.11.